The minimum Gasteiger partial charge on any atom is -0.309 e. The van der Waals surface area contributed by atoms with Crippen LogP contribution in [0.15, 0.2) is 176 Å². The van der Waals surface area contributed by atoms with Crippen LogP contribution in [0.5, 0.6) is 0 Å². The van der Waals surface area contributed by atoms with Crippen LogP contribution in [0, 0.1) is 17.9 Å². The van der Waals surface area contributed by atoms with Crippen molar-refractivity contribution in [3.05, 3.63) is 193 Å². The Kier molecular flexibility index (Phi) is 6.61. The van der Waals surface area contributed by atoms with Crippen LogP contribution in [0.3, 0.4) is 0 Å². The second kappa shape index (κ2) is 11.8. The molecule has 3 heterocycles. The van der Waals surface area contributed by atoms with Crippen molar-refractivity contribution in [3.8, 4) is 34.3 Å². The molecule has 0 aliphatic carbocycles. The maximum atomic E-state index is 10.4. The smallest absolute Gasteiger partial charge is 0.188 e. The third-order valence-electron chi connectivity index (χ3n) is 11.0. The van der Waals surface area contributed by atoms with Gasteiger partial charge in [-0.3, -0.25) is 0 Å². The first-order chi connectivity index (χ1) is 27.2. The number of benzene rings is 8. The van der Waals surface area contributed by atoms with Gasteiger partial charge in [-0.15, -0.1) is 0 Å². The number of fused-ring (bicyclic) bond motifs is 9. The van der Waals surface area contributed by atoms with E-state index in [0.717, 1.165) is 72.1 Å². The lowest BCUT2D eigenvalue weighted by Crippen LogP contribution is -1.98. The predicted octanol–water partition coefficient (Wildman–Crippen LogP) is 13.1. The molecule has 0 saturated heterocycles. The van der Waals surface area contributed by atoms with Crippen molar-refractivity contribution in [2.24, 2.45) is 0 Å². The van der Waals surface area contributed by atoms with E-state index in [2.05, 4.69) is 170 Å². The molecule has 0 fully saturated rings. The number of aromatic nitrogens is 3. The van der Waals surface area contributed by atoms with Gasteiger partial charge in [-0.05, 0) is 101 Å². The van der Waals surface area contributed by atoms with Crippen molar-refractivity contribution in [2.75, 3.05) is 0 Å². The Morgan fingerprint density at radius 2 is 0.855 bits per heavy atom. The average molecular weight is 700 g/mol. The fraction of sp³-hybridized carbons (Fsp3) is 0. The van der Waals surface area contributed by atoms with Gasteiger partial charge < -0.3 is 13.7 Å². The van der Waals surface area contributed by atoms with Crippen molar-refractivity contribution in [1.29, 1.82) is 5.26 Å². The molecule has 5 nitrogen and oxygen atoms in total. The number of hydrogen-bond donors (Lipinski definition) is 0. The van der Waals surface area contributed by atoms with Gasteiger partial charge in [0.15, 0.2) is 5.69 Å². The van der Waals surface area contributed by atoms with Gasteiger partial charge in [0.2, 0.25) is 0 Å². The lowest BCUT2D eigenvalue weighted by Gasteiger charge is -2.14. The molecule has 0 atom stereocenters. The van der Waals surface area contributed by atoms with Crippen LogP contribution in [0.2, 0.25) is 0 Å². The van der Waals surface area contributed by atoms with Crippen LogP contribution in [0.25, 0.3) is 98.5 Å². The van der Waals surface area contributed by atoms with Crippen LogP contribution in [0.1, 0.15) is 5.56 Å². The molecule has 0 aliphatic rings. The molecule has 0 spiro atoms. The van der Waals surface area contributed by atoms with Crippen molar-refractivity contribution in [3.63, 3.8) is 0 Å². The average Bonchev–Trinajstić information content (AvgIpc) is 3.89. The quantitative estimate of drug-likeness (QED) is 0.169. The summed E-state index contributed by atoms with van der Waals surface area (Å²) in [4.78, 5) is 3.80. The number of nitrogens with zero attached hydrogens (tertiary/aromatic N) is 5. The van der Waals surface area contributed by atoms with E-state index in [4.69, 9.17) is 6.57 Å². The molecule has 0 amide bonds. The molecule has 0 radical (unpaired) electrons. The van der Waals surface area contributed by atoms with Gasteiger partial charge in [-0.25, -0.2) is 4.85 Å². The third-order valence-corrected chi connectivity index (χ3v) is 11.0. The summed E-state index contributed by atoms with van der Waals surface area (Å²) in [6.45, 7) is 7.85. The van der Waals surface area contributed by atoms with Gasteiger partial charge in [-0.2, -0.15) is 5.26 Å². The van der Waals surface area contributed by atoms with Crippen LogP contribution in [-0.4, -0.2) is 13.7 Å². The van der Waals surface area contributed by atoms with Crippen molar-refractivity contribution < 1.29 is 0 Å². The molecule has 11 aromatic rings. The highest BCUT2D eigenvalue weighted by Crippen LogP contribution is 2.40. The lowest BCUT2D eigenvalue weighted by molar-refractivity contribution is 1.16. The van der Waals surface area contributed by atoms with Gasteiger partial charge >= 0.3 is 0 Å². The van der Waals surface area contributed by atoms with E-state index in [1.807, 2.05) is 30.3 Å². The van der Waals surface area contributed by atoms with E-state index in [-0.39, 0.29) is 0 Å². The summed E-state index contributed by atoms with van der Waals surface area (Å²) >= 11 is 0. The summed E-state index contributed by atoms with van der Waals surface area (Å²) in [5.41, 5.74) is 12.7. The van der Waals surface area contributed by atoms with Crippen molar-refractivity contribution >= 4 is 71.1 Å². The minimum atomic E-state index is 0.574. The largest absolute Gasteiger partial charge is 0.309 e. The Hall–Kier alpha value is -7.86. The molecule has 11 rings (SSSR count). The number of nitriles is 1. The first-order valence-corrected chi connectivity index (χ1v) is 18.3. The molecule has 0 saturated carbocycles. The predicted molar refractivity (Wildman–Crippen MR) is 226 cm³/mol. The second-order valence-corrected chi connectivity index (χ2v) is 14.0. The molecule has 3 aromatic heterocycles. The number of para-hydroxylation sites is 4. The molecule has 254 valence electrons. The van der Waals surface area contributed by atoms with Gasteiger partial charge in [-0.1, -0.05) is 91.0 Å². The molecular weight excluding hydrogens is 671 g/mol. The van der Waals surface area contributed by atoms with E-state index < -0.39 is 0 Å². The number of hydrogen-bond acceptors (Lipinski definition) is 1. The summed E-state index contributed by atoms with van der Waals surface area (Å²) < 4.78 is 6.87. The highest BCUT2D eigenvalue weighted by atomic mass is 15.0. The third kappa shape index (κ3) is 4.58. The monoisotopic (exact) mass is 699 g/mol. The first kappa shape index (κ1) is 30.7. The number of rotatable bonds is 4. The fourth-order valence-corrected chi connectivity index (χ4v) is 8.68. The zero-order valence-electron chi connectivity index (χ0n) is 29.5. The lowest BCUT2D eigenvalue weighted by atomic mass is 10.0. The van der Waals surface area contributed by atoms with Crippen LogP contribution in [-0.2, 0) is 0 Å². The Labute approximate surface area is 316 Å². The maximum absolute atomic E-state index is 10.4. The molecule has 5 heteroatoms. The van der Waals surface area contributed by atoms with Gasteiger partial charge in [0, 0.05) is 44.0 Å². The molecule has 55 heavy (non-hydrogen) atoms. The summed E-state index contributed by atoms with van der Waals surface area (Å²) in [6.07, 6.45) is 0. The zero-order valence-corrected chi connectivity index (χ0v) is 29.5. The van der Waals surface area contributed by atoms with Gasteiger partial charge in [0.1, 0.15) is 0 Å². The van der Waals surface area contributed by atoms with E-state index >= 15 is 0 Å². The van der Waals surface area contributed by atoms with E-state index in [9.17, 15) is 5.26 Å². The normalized spacial score (nSPS) is 11.6. The van der Waals surface area contributed by atoms with E-state index in [1.54, 1.807) is 0 Å². The fourth-order valence-electron chi connectivity index (χ4n) is 8.68. The van der Waals surface area contributed by atoms with Crippen LogP contribution < -0.4 is 0 Å². The summed E-state index contributed by atoms with van der Waals surface area (Å²) in [7, 11) is 0. The SMILES string of the molecule is [C-]#[N+]c1ccc2c(c1)c1cc(-n3c4ccccc4c4ccccc43)ccc1n2-c1cc(C#N)cc(-c2cccc(-n3c4ccccc4c4ccccc43)c2)c1. The molecule has 0 aliphatic heterocycles. The van der Waals surface area contributed by atoms with E-state index in [0.29, 0.717) is 11.3 Å². The van der Waals surface area contributed by atoms with Gasteiger partial charge in [0.05, 0.1) is 51.3 Å². The minimum absolute atomic E-state index is 0.574. The zero-order chi connectivity index (χ0) is 36.6. The molecule has 0 bridgehead atoms. The highest BCUT2D eigenvalue weighted by Gasteiger charge is 2.18. The van der Waals surface area contributed by atoms with Crippen LogP contribution in [0.4, 0.5) is 5.69 Å². The topological polar surface area (TPSA) is 42.9 Å². The standard InChI is InChI=1S/C50H29N5/c1-52-35-21-23-49-43(29-35)44-30-37(54-47-19-8-4-15-41(47)42-16-5-9-20-48(42)54)22-24-50(44)55(49)38-26-32(31-51)25-34(28-38)33-11-10-12-36(27-33)53-45-17-6-2-13-39(45)40-14-3-7-18-46(40)53/h2-30H. The Morgan fingerprint density at radius 3 is 1.42 bits per heavy atom. The summed E-state index contributed by atoms with van der Waals surface area (Å²) in [5.74, 6) is 0. The second-order valence-electron chi connectivity index (χ2n) is 14.0. The van der Waals surface area contributed by atoms with Gasteiger partial charge in [0.25, 0.3) is 0 Å². The maximum Gasteiger partial charge on any atom is 0.188 e. The highest BCUT2D eigenvalue weighted by molar-refractivity contribution is 6.13. The molecule has 0 unspecified atom stereocenters. The van der Waals surface area contributed by atoms with Crippen LogP contribution >= 0.6 is 0 Å². The molecule has 0 N–H and O–H groups in total. The Bertz CT molecular complexity index is 3360. The Morgan fingerprint density at radius 1 is 0.382 bits per heavy atom. The first-order valence-electron chi connectivity index (χ1n) is 18.3. The van der Waals surface area contributed by atoms with Crippen molar-refractivity contribution in [1.82, 2.24) is 13.7 Å². The molecule has 8 aromatic carbocycles. The van der Waals surface area contributed by atoms with Crippen molar-refractivity contribution in [2.45, 2.75) is 0 Å². The Balaban J connectivity index is 1.12. The van der Waals surface area contributed by atoms with E-state index in [1.165, 1.54) is 21.5 Å². The summed E-state index contributed by atoms with van der Waals surface area (Å²) in [6, 6.07) is 63.7. The summed E-state index contributed by atoms with van der Waals surface area (Å²) in [5, 5.41) is 17.3. The molecular formula is C50H29N5.